The van der Waals surface area contributed by atoms with E-state index in [9.17, 15) is 9.59 Å². The van der Waals surface area contributed by atoms with Gasteiger partial charge in [0.1, 0.15) is 0 Å². The molecule has 0 aliphatic carbocycles. The first kappa shape index (κ1) is 13.1. The minimum absolute atomic E-state index is 0.000967. The second kappa shape index (κ2) is 5.74. The fourth-order valence-electron chi connectivity index (χ4n) is 1.27. The van der Waals surface area contributed by atoms with Crippen molar-refractivity contribution in [2.45, 2.75) is 47.5 Å². The Balaban J connectivity index is 4.69. The molecule has 0 aromatic heterocycles. The summed E-state index contributed by atoms with van der Waals surface area (Å²) in [6.45, 7) is 9.00. The highest BCUT2D eigenvalue weighted by Gasteiger charge is 2.11. The van der Waals surface area contributed by atoms with Gasteiger partial charge >= 0.3 is 0 Å². The van der Waals surface area contributed by atoms with E-state index >= 15 is 0 Å². The molecule has 0 saturated heterocycles. The van der Waals surface area contributed by atoms with E-state index in [-0.39, 0.29) is 11.6 Å². The number of ketones is 2. The molecule has 0 N–H and O–H groups in total. The highest BCUT2D eigenvalue weighted by atomic mass is 16.1. The van der Waals surface area contributed by atoms with Crippen LogP contribution in [0.3, 0.4) is 0 Å². The lowest BCUT2D eigenvalue weighted by Crippen LogP contribution is -2.06. The summed E-state index contributed by atoms with van der Waals surface area (Å²) >= 11 is 0. The van der Waals surface area contributed by atoms with Gasteiger partial charge in [-0.2, -0.15) is 0 Å². The molecule has 0 radical (unpaired) electrons. The van der Waals surface area contributed by atoms with Gasteiger partial charge in [0.2, 0.25) is 0 Å². The fourth-order valence-corrected chi connectivity index (χ4v) is 1.27. The maximum atomic E-state index is 11.3. The van der Waals surface area contributed by atoms with E-state index in [0.717, 1.165) is 12.8 Å². The van der Waals surface area contributed by atoms with Gasteiger partial charge in [-0.15, -0.1) is 0 Å². The van der Waals surface area contributed by atoms with Crippen molar-refractivity contribution in [3.8, 4) is 0 Å². The lowest BCUT2D eigenvalue weighted by Gasteiger charge is -2.09. The molecule has 0 aromatic rings. The van der Waals surface area contributed by atoms with Crippen LogP contribution in [0.5, 0.6) is 0 Å². The lowest BCUT2D eigenvalue weighted by molar-refractivity contribution is -0.116. The molecular formula is C12H20O2. The first-order valence-corrected chi connectivity index (χ1v) is 5.07. The summed E-state index contributed by atoms with van der Waals surface area (Å²) in [5.74, 6) is 0.585. The second-order valence-corrected chi connectivity index (χ2v) is 4.15. The minimum Gasteiger partial charge on any atom is -0.295 e. The zero-order valence-electron chi connectivity index (χ0n) is 9.81. The Labute approximate surface area is 86.4 Å². The fraction of sp³-hybridized carbons (Fsp3) is 0.667. The molecule has 0 spiro atoms. The van der Waals surface area contributed by atoms with Gasteiger partial charge in [0.15, 0.2) is 11.6 Å². The quantitative estimate of drug-likeness (QED) is 0.633. The van der Waals surface area contributed by atoms with Crippen molar-refractivity contribution in [1.82, 2.24) is 0 Å². The Morgan fingerprint density at radius 1 is 1.00 bits per heavy atom. The normalized spacial score (nSPS) is 12.7. The van der Waals surface area contributed by atoms with Crippen LogP contribution in [0, 0.1) is 5.92 Å². The number of carbonyl (C=O) groups excluding carboxylic acids is 2. The molecule has 0 bridgehead atoms. The Kier molecular flexibility index (Phi) is 5.36. The largest absolute Gasteiger partial charge is 0.295 e. The SMILES string of the molecule is CC(=O)/C(C)=C(/CCC(C)C)C(C)=O. The summed E-state index contributed by atoms with van der Waals surface area (Å²) in [5, 5.41) is 0. The van der Waals surface area contributed by atoms with Crippen LogP contribution in [0.25, 0.3) is 0 Å². The van der Waals surface area contributed by atoms with Crippen molar-refractivity contribution in [1.29, 1.82) is 0 Å². The van der Waals surface area contributed by atoms with Gasteiger partial charge in [0, 0.05) is 5.57 Å². The van der Waals surface area contributed by atoms with Crippen LogP contribution in [0.1, 0.15) is 47.5 Å². The zero-order chi connectivity index (χ0) is 11.3. The van der Waals surface area contributed by atoms with Gasteiger partial charge < -0.3 is 0 Å². The number of carbonyl (C=O) groups is 2. The van der Waals surface area contributed by atoms with Gasteiger partial charge in [0.05, 0.1) is 0 Å². The molecule has 0 aliphatic heterocycles. The molecule has 2 nitrogen and oxygen atoms in total. The van der Waals surface area contributed by atoms with E-state index in [1.54, 1.807) is 6.92 Å². The van der Waals surface area contributed by atoms with Crippen molar-refractivity contribution < 1.29 is 9.59 Å². The number of rotatable bonds is 5. The van der Waals surface area contributed by atoms with Crippen LogP contribution in [0.15, 0.2) is 11.1 Å². The Hall–Kier alpha value is -0.920. The molecule has 0 amide bonds. The molecular weight excluding hydrogens is 176 g/mol. The minimum atomic E-state index is -0.000967. The molecule has 2 heteroatoms. The third kappa shape index (κ3) is 4.35. The molecule has 80 valence electrons. The van der Waals surface area contributed by atoms with Gasteiger partial charge in [-0.1, -0.05) is 13.8 Å². The van der Waals surface area contributed by atoms with Crippen molar-refractivity contribution in [2.75, 3.05) is 0 Å². The van der Waals surface area contributed by atoms with Gasteiger partial charge in [-0.25, -0.2) is 0 Å². The maximum Gasteiger partial charge on any atom is 0.156 e. The van der Waals surface area contributed by atoms with Crippen molar-refractivity contribution in [2.24, 2.45) is 5.92 Å². The average molecular weight is 196 g/mol. The van der Waals surface area contributed by atoms with Crippen LogP contribution in [0.2, 0.25) is 0 Å². The Morgan fingerprint density at radius 3 is 1.79 bits per heavy atom. The van der Waals surface area contributed by atoms with Gasteiger partial charge in [0.25, 0.3) is 0 Å². The smallest absolute Gasteiger partial charge is 0.156 e. The van der Waals surface area contributed by atoms with Gasteiger partial charge in [-0.3, -0.25) is 9.59 Å². The second-order valence-electron chi connectivity index (χ2n) is 4.15. The van der Waals surface area contributed by atoms with Crippen molar-refractivity contribution in [3.05, 3.63) is 11.1 Å². The zero-order valence-corrected chi connectivity index (χ0v) is 9.81. The van der Waals surface area contributed by atoms with Crippen LogP contribution in [-0.2, 0) is 9.59 Å². The van der Waals surface area contributed by atoms with E-state index in [1.807, 2.05) is 0 Å². The molecule has 0 rings (SSSR count). The van der Waals surface area contributed by atoms with Crippen LogP contribution >= 0.6 is 0 Å². The third-order valence-corrected chi connectivity index (χ3v) is 2.38. The lowest BCUT2D eigenvalue weighted by atomic mass is 9.95. The molecule has 0 aromatic carbocycles. The number of hydrogen-bond acceptors (Lipinski definition) is 2. The number of hydrogen-bond donors (Lipinski definition) is 0. The van der Waals surface area contributed by atoms with E-state index in [4.69, 9.17) is 0 Å². The monoisotopic (exact) mass is 196 g/mol. The summed E-state index contributed by atoms with van der Waals surface area (Å²) < 4.78 is 0. The molecule has 14 heavy (non-hydrogen) atoms. The summed E-state index contributed by atoms with van der Waals surface area (Å²) in [6.07, 6.45) is 1.68. The number of allylic oxidation sites excluding steroid dienone is 2. The number of Topliss-reactive ketones (excluding diaryl/α,β-unsaturated/α-hetero) is 2. The van der Waals surface area contributed by atoms with Gasteiger partial charge in [-0.05, 0) is 45.1 Å². The maximum absolute atomic E-state index is 11.3. The summed E-state index contributed by atoms with van der Waals surface area (Å²) in [5.41, 5.74) is 1.32. The summed E-state index contributed by atoms with van der Waals surface area (Å²) in [6, 6.07) is 0. The highest BCUT2D eigenvalue weighted by molar-refractivity contribution is 6.04. The molecule has 0 aliphatic rings. The van der Waals surface area contributed by atoms with E-state index in [1.165, 1.54) is 13.8 Å². The van der Waals surface area contributed by atoms with Crippen LogP contribution < -0.4 is 0 Å². The third-order valence-electron chi connectivity index (χ3n) is 2.38. The first-order chi connectivity index (χ1) is 6.36. The predicted molar refractivity (Wildman–Crippen MR) is 58.1 cm³/mol. The summed E-state index contributed by atoms with van der Waals surface area (Å²) in [7, 11) is 0. The van der Waals surface area contributed by atoms with Crippen LogP contribution in [0.4, 0.5) is 0 Å². The van der Waals surface area contributed by atoms with Crippen molar-refractivity contribution >= 4 is 11.6 Å². The molecule has 0 saturated carbocycles. The van der Waals surface area contributed by atoms with E-state index in [2.05, 4.69) is 13.8 Å². The van der Waals surface area contributed by atoms with Crippen molar-refractivity contribution in [3.63, 3.8) is 0 Å². The standard InChI is InChI=1S/C12H20O2/c1-8(2)6-7-12(11(5)14)9(3)10(4)13/h8H,6-7H2,1-5H3/b12-9-. The molecule has 0 fully saturated rings. The molecule has 0 unspecified atom stereocenters. The highest BCUT2D eigenvalue weighted by Crippen LogP contribution is 2.16. The Morgan fingerprint density at radius 2 is 1.50 bits per heavy atom. The predicted octanol–water partition coefficient (Wildman–Crippen LogP) is 2.92. The van der Waals surface area contributed by atoms with E-state index in [0.29, 0.717) is 17.1 Å². The first-order valence-electron chi connectivity index (χ1n) is 5.07. The van der Waals surface area contributed by atoms with Crippen LogP contribution in [-0.4, -0.2) is 11.6 Å². The average Bonchev–Trinajstić information content (AvgIpc) is 2.02. The topological polar surface area (TPSA) is 34.1 Å². The molecule has 0 heterocycles. The Bertz CT molecular complexity index is 259. The van der Waals surface area contributed by atoms with E-state index < -0.39 is 0 Å². The molecule has 0 atom stereocenters. The summed E-state index contributed by atoms with van der Waals surface area (Å²) in [4.78, 5) is 22.4.